The van der Waals surface area contributed by atoms with Gasteiger partial charge in [-0.2, -0.15) is 0 Å². The van der Waals surface area contributed by atoms with Crippen molar-refractivity contribution < 1.29 is 9.53 Å². The van der Waals surface area contributed by atoms with E-state index in [1.54, 1.807) is 25.4 Å². The Labute approximate surface area is 117 Å². The van der Waals surface area contributed by atoms with Gasteiger partial charge in [-0.05, 0) is 18.6 Å². The predicted octanol–water partition coefficient (Wildman–Crippen LogP) is 2.50. The lowest BCUT2D eigenvalue weighted by Crippen LogP contribution is -2.19. The summed E-state index contributed by atoms with van der Waals surface area (Å²) in [6.45, 7) is 1.91. The highest BCUT2D eigenvalue weighted by Crippen LogP contribution is 2.14. The first-order chi connectivity index (χ1) is 9.78. The zero-order valence-corrected chi connectivity index (χ0v) is 11.5. The fourth-order valence-electron chi connectivity index (χ4n) is 1.81. The molecule has 102 valence electrons. The number of pyridine rings is 1. The molecule has 0 aliphatic carbocycles. The summed E-state index contributed by atoms with van der Waals surface area (Å²) in [6.07, 6.45) is 4.25. The fourth-order valence-corrected chi connectivity index (χ4v) is 1.81. The third-order valence-electron chi connectivity index (χ3n) is 2.86. The molecule has 0 N–H and O–H groups in total. The van der Waals surface area contributed by atoms with E-state index in [0.29, 0.717) is 11.2 Å². The highest BCUT2D eigenvalue weighted by Gasteiger charge is 2.00. The number of aromatic nitrogens is 1. The minimum Gasteiger partial charge on any atom is -0.497 e. The summed E-state index contributed by atoms with van der Waals surface area (Å²) in [5.41, 5.74) is 2.32. The predicted molar refractivity (Wildman–Crippen MR) is 78.8 cm³/mol. The molecule has 0 aliphatic rings. The van der Waals surface area contributed by atoms with Crippen molar-refractivity contribution >= 4 is 12.1 Å². The molecule has 4 nitrogen and oxygen atoms in total. The quantitative estimate of drug-likeness (QED) is 0.800. The molecular weight excluding hydrogens is 252 g/mol. The monoisotopic (exact) mass is 268 g/mol. The topological polar surface area (TPSA) is 43.6 Å². The number of hydrogen-bond acceptors (Lipinski definition) is 3. The number of carbonyl (C=O) groups is 1. The highest BCUT2D eigenvalue weighted by atomic mass is 16.5. The molecule has 1 aromatic carbocycles. The Hall–Kier alpha value is -2.62. The van der Waals surface area contributed by atoms with Crippen LogP contribution in [0, 0.1) is 0 Å². The zero-order valence-electron chi connectivity index (χ0n) is 11.5. The zero-order chi connectivity index (χ0) is 14.4. The number of hydrogen-bond donors (Lipinski definition) is 0. The third kappa shape index (κ3) is 3.03. The Kier molecular flexibility index (Phi) is 4.50. The Morgan fingerprint density at radius 3 is 2.60 bits per heavy atom. The SMILES string of the molecule is C/C=C(\N=c1cc(OC)ccn1C=O)c1ccccc1. The maximum Gasteiger partial charge on any atom is 0.219 e. The summed E-state index contributed by atoms with van der Waals surface area (Å²) in [5.74, 6) is 0.658. The van der Waals surface area contributed by atoms with E-state index < -0.39 is 0 Å². The number of ether oxygens (including phenoxy) is 1. The molecule has 0 bridgehead atoms. The first-order valence-electron chi connectivity index (χ1n) is 6.26. The summed E-state index contributed by atoms with van der Waals surface area (Å²) in [4.78, 5) is 15.6. The average molecular weight is 268 g/mol. The fraction of sp³-hybridized carbons (Fsp3) is 0.125. The summed E-state index contributed by atoms with van der Waals surface area (Å²) in [6, 6.07) is 13.2. The molecule has 4 heteroatoms. The van der Waals surface area contributed by atoms with Gasteiger partial charge in [0.25, 0.3) is 0 Å². The van der Waals surface area contributed by atoms with Crippen LogP contribution >= 0.6 is 0 Å². The van der Waals surface area contributed by atoms with Gasteiger partial charge in [-0.3, -0.25) is 9.36 Å². The number of carbonyl (C=O) groups excluding carboxylic acids is 1. The van der Waals surface area contributed by atoms with E-state index >= 15 is 0 Å². The second kappa shape index (κ2) is 6.52. The molecule has 0 saturated carbocycles. The van der Waals surface area contributed by atoms with E-state index in [-0.39, 0.29) is 0 Å². The summed E-state index contributed by atoms with van der Waals surface area (Å²) < 4.78 is 6.58. The summed E-state index contributed by atoms with van der Waals surface area (Å²) in [7, 11) is 1.58. The minimum atomic E-state index is 0.524. The largest absolute Gasteiger partial charge is 0.497 e. The van der Waals surface area contributed by atoms with Crippen LogP contribution in [0.4, 0.5) is 0 Å². The van der Waals surface area contributed by atoms with Crippen molar-refractivity contribution in [1.29, 1.82) is 0 Å². The van der Waals surface area contributed by atoms with Crippen molar-refractivity contribution in [3.05, 3.63) is 65.8 Å². The molecule has 0 atom stereocenters. The molecule has 0 aliphatic heterocycles. The molecule has 0 radical (unpaired) electrons. The van der Waals surface area contributed by atoms with Crippen LogP contribution in [-0.4, -0.2) is 18.1 Å². The lowest BCUT2D eigenvalue weighted by atomic mass is 10.1. The van der Waals surface area contributed by atoms with E-state index in [2.05, 4.69) is 4.99 Å². The van der Waals surface area contributed by atoms with E-state index in [9.17, 15) is 4.79 Å². The van der Waals surface area contributed by atoms with Crippen molar-refractivity contribution in [2.24, 2.45) is 4.99 Å². The van der Waals surface area contributed by atoms with Crippen LogP contribution in [0.25, 0.3) is 5.70 Å². The number of methoxy groups -OCH3 is 1. The van der Waals surface area contributed by atoms with Gasteiger partial charge in [0.1, 0.15) is 11.2 Å². The number of rotatable bonds is 4. The van der Waals surface area contributed by atoms with Crippen LogP contribution in [0.5, 0.6) is 5.75 Å². The Bertz CT molecular complexity index is 685. The molecule has 0 amide bonds. The van der Waals surface area contributed by atoms with Crippen LogP contribution in [0.1, 0.15) is 12.5 Å². The second-order valence-corrected chi connectivity index (χ2v) is 4.09. The van der Waals surface area contributed by atoms with Gasteiger partial charge in [-0.25, -0.2) is 4.99 Å². The molecule has 0 fully saturated rings. The molecule has 2 aromatic rings. The number of allylic oxidation sites excluding steroid dienone is 1. The van der Waals surface area contributed by atoms with Gasteiger partial charge in [0.2, 0.25) is 6.41 Å². The van der Waals surface area contributed by atoms with Crippen molar-refractivity contribution in [2.45, 2.75) is 6.92 Å². The van der Waals surface area contributed by atoms with Crippen molar-refractivity contribution in [2.75, 3.05) is 7.11 Å². The molecule has 1 heterocycles. The molecular formula is C16H16N2O2. The van der Waals surface area contributed by atoms with Crippen molar-refractivity contribution in [1.82, 2.24) is 4.57 Å². The van der Waals surface area contributed by atoms with E-state index in [1.807, 2.05) is 43.3 Å². The highest BCUT2D eigenvalue weighted by molar-refractivity contribution is 5.64. The third-order valence-corrected chi connectivity index (χ3v) is 2.86. The first kappa shape index (κ1) is 13.8. The smallest absolute Gasteiger partial charge is 0.219 e. The molecule has 2 rings (SSSR count). The Morgan fingerprint density at radius 1 is 1.25 bits per heavy atom. The van der Waals surface area contributed by atoms with Gasteiger partial charge in [0.05, 0.1) is 12.8 Å². The molecule has 0 spiro atoms. The Morgan fingerprint density at radius 2 is 2.00 bits per heavy atom. The van der Waals surface area contributed by atoms with Gasteiger partial charge in [0.15, 0.2) is 0 Å². The van der Waals surface area contributed by atoms with Crippen LogP contribution in [0.3, 0.4) is 0 Å². The van der Waals surface area contributed by atoms with Crippen LogP contribution in [-0.2, 0) is 4.79 Å². The first-order valence-corrected chi connectivity index (χ1v) is 6.26. The lowest BCUT2D eigenvalue weighted by Gasteiger charge is -2.05. The van der Waals surface area contributed by atoms with Gasteiger partial charge in [-0.15, -0.1) is 0 Å². The van der Waals surface area contributed by atoms with Crippen LogP contribution in [0.2, 0.25) is 0 Å². The molecule has 0 unspecified atom stereocenters. The molecule has 0 saturated heterocycles. The van der Waals surface area contributed by atoms with E-state index in [4.69, 9.17) is 4.74 Å². The van der Waals surface area contributed by atoms with Gasteiger partial charge < -0.3 is 4.74 Å². The van der Waals surface area contributed by atoms with Crippen LogP contribution < -0.4 is 10.2 Å². The van der Waals surface area contributed by atoms with E-state index in [1.165, 1.54) is 4.57 Å². The number of nitrogens with zero attached hydrogens (tertiary/aromatic N) is 2. The molecule has 1 aromatic heterocycles. The standard InChI is InChI=1S/C16H16N2O2/c1-3-15(13-7-5-4-6-8-13)17-16-11-14(20-2)9-10-18(16)12-19/h3-12H,1-2H3/b15-3-,17-16?. The van der Waals surface area contributed by atoms with Gasteiger partial charge in [-0.1, -0.05) is 36.4 Å². The normalized spacial score (nSPS) is 12.3. The van der Waals surface area contributed by atoms with Gasteiger partial charge >= 0.3 is 0 Å². The van der Waals surface area contributed by atoms with Crippen molar-refractivity contribution in [3.63, 3.8) is 0 Å². The number of benzene rings is 1. The van der Waals surface area contributed by atoms with E-state index in [0.717, 1.165) is 17.7 Å². The minimum absolute atomic E-state index is 0.524. The maximum atomic E-state index is 11.1. The lowest BCUT2D eigenvalue weighted by molar-refractivity contribution is 0.413. The Balaban J connectivity index is 2.56. The maximum absolute atomic E-state index is 11.1. The summed E-state index contributed by atoms with van der Waals surface area (Å²) >= 11 is 0. The van der Waals surface area contributed by atoms with Gasteiger partial charge in [0, 0.05) is 12.3 Å². The second-order valence-electron chi connectivity index (χ2n) is 4.09. The molecule has 20 heavy (non-hydrogen) atoms. The van der Waals surface area contributed by atoms with Crippen LogP contribution in [0.15, 0.2) is 59.7 Å². The summed E-state index contributed by atoms with van der Waals surface area (Å²) in [5, 5.41) is 0. The average Bonchev–Trinajstić information content (AvgIpc) is 2.53. The van der Waals surface area contributed by atoms with Crippen molar-refractivity contribution in [3.8, 4) is 5.75 Å².